The fourth-order valence-electron chi connectivity index (χ4n) is 5.13. The summed E-state index contributed by atoms with van der Waals surface area (Å²) >= 11 is 0. The Kier molecular flexibility index (Phi) is 9.84. The van der Waals surface area contributed by atoms with Crippen molar-refractivity contribution in [2.45, 2.75) is 84.1 Å². The molecule has 3 amide bonds. The Morgan fingerprint density at radius 3 is 1.86 bits per heavy atom. The first-order valence-corrected chi connectivity index (χ1v) is 13.7. The van der Waals surface area contributed by atoms with Crippen molar-refractivity contribution in [3.8, 4) is 0 Å². The summed E-state index contributed by atoms with van der Waals surface area (Å²) in [5, 5.41) is 7.77. The number of hydrogen-bond donors (Lipinski definition) is 4. The minimum absolute atomic E-state index is 0.00425. The third kappa shape index (κ3) is 9.15. The monoisotopic (exact) mass is 614 g/mol. The molecule has 0 aromatic heterocycles. The number of benzene rings is 2. The van der Waals surface area contributed by atoms with Gasteiger partial charge in [-0.3, -0.25) is 10.5 Å². The van der Waals surface area contributed by atoms with Crippen LogP contribution in [0.1, 0.15) is 80.4 Å². The molecule has 1 aliphatic rings. The van der Waals surface area contributed by atoms with E-state index in [4.69, 9.17) is 11.3 Å². The molecule has 14 heteroatoms. The quantitative estimate of drug-likeness (QED) is 0.145. The molecule has 1 unspecified atom stereocenters. The van der Waals surface area contributed by atoms with Crippen molar-refractivity contribution in [1.82, 2.24) is 10.2 Å². The minimum Gasteiger partial charge on any atom is -0.317 e. The van der Waals surface area contributed by atoms with Crippen molar-refractivity contribution in [3.05, 3.63) is 64.7 Å². The number of urea groups is 1. The number of nitrogens with zero attached hydrogens (tertiary/aromatic N) is 2. The third-order valence-corrected chi connectivity index (χ3v) is 7.63. The van der Waals surface area contributed by atoms with E-state index in [1.165, 1.54) is 24.0 Å². The van der Waals surface area contributed by atoms with Gasteiger partial charge in [0.1, 0.15) is 0 Å². The van der Waals surface area contributed by atoms with Gasteiger partial charge in [-0.2, -0.15) is 31.5 Å². The molecule has 1 aliphatic carbocycles. The number of nitrogens with one attached hydrogen (secondary N) is 3. The Hall–Kier alpha value is -3.68. The first-order chi connectivity index (χ1) is 19.7. The topological polar surface area (TPSA) is 124 Å². The van der Waals surface area contributed by atoms with Crippen LogP contribution in [-0.4, -0.2) is 28.7 Å². The second kappa shape index (κ2) is 12.5. The molecular weight excluding hydrogens is 578 g/mol. The predicted molar refractivity (Wildman–Crippen MR) is 148 cm³/mol. The fourth-order valence-corrected chi connectivity index (χ4v) is 5.13. The Bertz CT molecular complexity index is 1280. The van der Waals surface area contributed by atoms with Crippen LogP contribution < -0.4 is 16.4 Å². The molecular formula is C29H36F6N6O2. The van der Waals surface area contributed by atoms with Crippen molar-refractivity contribution in [2.75, 3.05) is 5.32 Å². The van der Waals surface area contributed by atoms with Crippen LogP contribution in [0.25, 0.3) is 0 Å². The second-order valence-electron chi connectivity index (χ2n) is 12.1. The number of nitrogens with two attached hydrogens (primary N) is 1. The fraction of sp³-hybridized carbons (Fsp3) is 0.517. The lowest BCUT2D eigenvalue weighted by Gasteiger charge is -2.41. The van der Waals surface area contributed by atoms with Gasteiger partial charge in [-0.05, 0) is 79.8 Å². The summed E-state index contributed by atoms with van der Waals surface area (Å²) in [6, 6.07) is 5.88. The highest BCUT2D eigenvalue weighted by atomic mass is 19.4. The molecule has 0 spiro atoms. The van der Waals surface area contributed by atoms with E-state index in [1.807, 2.05) is 0 Å². The number of halogens is 6. The van der Waals surface area contributed by atoms with Gasteiger partial charge in [-0.1, -0.05) is 32.9 Å². The summed E-state index contributed by atoms with van der Waals surface area (Å²) in [5.41, 5.74) is 9.84. The molecule has 8 nitrogen and oxygen atoms in total. The van der Waals surface area contributed by atoms with E-state index in [9.17, 15) is 35.9 Å². The van der Waals surface area contributed by atoms with Crippen LogP contribution in [0, 0.1) is 16.9 Å². The van der Waals surface area contributed by atoms with E-state index in [0.29, 0.717) is 36.5 Å². The number of carbonyl (C=O) groups excluding carboxylic acids is 2. The van der Waals surface area contributed by atoms with Crippen molar-refractivity contribution < 1.29 is 35.9 Å². The van der Waals surface area contributed by atoms with Gasteiger partial charge in [0, 0.05) is 23.8 Å². The number of alkyl halides is 6. The van der Waals surface area contributed by atoms with Crippen molar-refractivity contribution in [2.24, 2.45) is 22.2 Å². The second-order valence-corrected chi connectivity index (χ2v) is 12.1. The standard InChI is InChI=1S/C29H36F6N6O2/c1-26(2,3)19-9-11-23(12-10-19)41(16-17-5-7-18(8-6-17)24(42)39-27(4,36)40-37)25(43)38-22-14-20(28(30,31)32)13-21(15-22)29(33,34)35/h5-8,13-15,19,23,37H,9-12,16,36H2,1-4H3,(H,38,43)(H,39,42). The molecule has 0 heterocycles. The lowest BCUT2D eigenvalue weighted by atomic mass is 9.71. The van der Waals surface area contributed by atoms with E-state index in [0.717, 1.165) is 12.8 Å². The number of carbonyl (C=O) groups is 2. The van der Waals surface area contributed by atoms with Crippen LogP contribution in [0.2, 0.25) is 0 Å². The summed E-state index contributed by atoms with van der Waals surface area (Å²) in [7, 11) is 0. The van der Waals surface area contributed by atoms with Gasteiger partial charge in [-0.15, -0.1) is 0 Å². The first kappa shape index (κ1) is 33.8. The van der Waals surface area contributed by atoms with E-state index in [1.54, 1.807) is 12.1 Å². The molecule has 0 radical (unpaired) electrons. The average Bonchev–Trinajstić information content (AvgIpc) is 2.90. The highest BCUT2D eigenvalue weighted by molar-refractivity contribution is 5.94. The Balaban J connectivity index is 1.89. The maximum Gasteiger partial charge on any atom is 0.416 e. The van der Waals surface area contributed by atoms with Crippen LogP contribution in [0.3, 0.4) is 0 Å². The molecule has 5 N–H and O–H groups in total. The van der Waals surface area contributed by atoms with E-state index >= 15 is 0 Å². The SMILES string of the molecule is CC(N)(N=N)NC(=O)c1ccc(CN(C(=O)Nc2cc(C(F)(F)F)cc(C(F)(F)F)c2)C2CCC(C(C)(C)C)CC2)cc1. The molecule has 3 rings (SSSR count). The van der Waals surface area contributed by atoms with E-state index in [-0.39, 0.29) is 29.6 Å². The molecule has 2 aromatic rings. The van der Waals surface area contributed by atoms with Gasteiger partial charge in [-0.25, -0.2) is 10.3 Å². The summed E-state index contributed by atoms with van der Waals surface area (Å²) < 4.78 is 80.4. The van der Waals surface area contributed by atoms with Gasteiger partial charge in [0.2, 0.25) is 5.79 Å². The van der Waals surface area contributed by atoms with Crippen LogP contribution in [0.15, 0.2) is 47.6 Å². The maximum absolute atomic E-state index is 13.5. The smallest absolute Gasteiger partial charge is 0.317 e. The van der Waals surface area contributed by atoms with Crippen LogP contribution in [0.5, 0.6) is 0 Å². The van der Waals surface area contributed by atoms with Gasteiger partial charge >= 0.3 is 18.4 Å². The summed E-state index contributed by atoms with van der Waals surface area (Å²) in [6.45, 7) is 7.69. The average molecular weight is 615 g/mol. The molecule has 43 heavy (non-hydrogen) atoms. The van der Waals surface area contributed by atoms with E-state index < -0.39 is 46.9 Å². The lowest BCUT2D eigenvalue weighted by Crippen LogP contribution is -2.51. The zero-order valence-electron chi connectivity index (χ0n) is 24.3. The molecule has 0 aliphatic heterocycles. The van der Waals surface area contributed by atoms with Crippen molar-refractivity contribution >= 4 is 17.6 Å². The zero-order chi connectivity index (χ0) is 32.4. The van der Waals surface area contributed by atoms with Gasteiger partial charge in [0.05, 0.1) is 11.1 Å². The molecule has 2 aromatic carbocycles. The number of amides is 3. The molecule has 0 saturated heterocycles. The molecule has 0 bridgehead atoms. The van der Waals surface area contributed by atoms with Crippen molar-refractivity contribution in [3.63, 3.8) is 0 Å². The van der Waals surface area contributed by atoms with Crippen molar-refractivity contribution in [1.29, 1.82) is 5.53 Å². The Morgan fingerprint density at radius 2 is 1.42 bits per heavy atom. The third-order valence-electron chi connectivity index (χ3n) is 7.63. The molecule has 1 atom stereocenters. The van der Waals surface area contributed by atoms with Crippen LogP contribution in [-0.2, 0) is 18.9 Å². The zero-order valence-corrected chi connectivity index (χ0v) is 24.3. The highest BCUT2D eigenvalue weighted by Gasteiger charge is 2.38. The van der Waals surface area contributed by atoms with Gasteiger partial charge < -0.3 is 15.5 Å². The number of hydrogen-bond acceptors (Lipinski definition) is 5. The largest absolute Gasteiger partial charge is 0.416 e. The van der Waals surface area contributed by atoms with E-state index in [2.05, 4.69) is 36.5 Å². The Morgan fingerprint density at radius 1 is 0.907 bits per heavy atom. The molecule has 1 saturated carbocycles. The first-order valence-electron chi connectivity index (χ1n) is 13.7. The minimum atomic E-state index is -5.06. The van der Waals surface area contributed by atoms with Crippen LogP contribution in [0.4, 0.5) is 36.8 Å². The normalized spacial score (nSPS) is 19.2. The number of anilines is 1. The van der Waals surface area contributed by atoms with Crippen LogP contribution >= 0.6 is 0 Å². The highest BCUT2D eigenvalue weighted by Crippen LogP contribution is 2.40. The molecule has 236 valence electrons. The lowest BCUT2D eigenvalue weighted by molar-refractivity contribution is -0.143. The van der Waals surface area contributed by atoms with Gasteiger partial charge in [0.15, 0.2) is 0 Å². The molecule has 1 fully saturated rings. The predicted octanol–water partition coefficient (Wildman–Crippen LogP) is 7.76. The summed E-state index contributed by atoms with van der Waals surface area (Å²) in [4.78, 5) is 27.4. The summed E-state index contributed by atoms with van der Waals surface area (Å²) in [6.07, 6.45) is -7.35. The summed E-state index contributed by atoms with van der Waals surface area (Å²) in [5.74, 6) is -1.81. The van der Waals surface area contributed by atoms with Gasteiger partial charge in [0.25, 0.3) is 5.91 Å². The number of rotatable bonds is 7. The Labute approximate surface area is 245 Å². The maximum atomic E-state index is 13.5.